The molecule has 12 nitrogen and oxygen atoms in total. The first-order chi connectivity index (χ1) is 17.0. The SMILES string of the molecule is C[C@]1(OC(=O)C=Cc2ccccc2O)C[C@@H](O)[C@]2(O)C=CO[C@H](O[C@@H]3O[C@H](CO)[C@H](O)[C@@H](O)[C@@H]3O)[C@H]21. The third-order valence-electron chi connectivity index (χ3n) is 6.89. The normalized spacial score (nSPS) is 42.2. The van der Waals surface area contributed by atoms with Crippen molar-refractivity contribution in [2.75, 3.05) is 6.61 Å². The molecule has 1 aromatic rings. The maximum atomic E-state index is 12.7. The maximum Gasteiger partial charge on any atom is 0.331 e. The summed E-state index contributed by atoms with van der Waals surface area (Å²) in [6.07, 6.45) is -6.23. The fraction of sp³-hybridized carbons (Fsp3) is 0.542. The number of ether oxygens (including phenoxy) is 4. The number of aromatic hydroxyl groups is 1. The molecule has 0 aromatic heterocycles. The number of carbonyl (C=O) groups excluding carboxylic acids is 1. The summed E-state index contributed by atoms with van der Waals surface area (Å²) >= 11 is 0. The molecule has 1 aromatic carbocycles. The Balaban J connectivity index is 1.56. The number of hydrogen-bond donors (Lipinski definition) is 7. The lowest BCUT2D eigenvalue weighted by Crippen LogP contribution is -2.62. The zero-order valence-electron chi connectivity index (χ0n) is 19.3. The highest BCUT2D eigenvalue weighted by atomic mass is 16.8. The van der Waals surface area contributed by atoms with E-state index in [1.165, 1.54) is 25.1 Å². The largest absolute Gasteiger partial charge is 0.507 e. The quantitative estimate of drug-likeness (QED) is 0.173. The molecule has 1 saturated carbocycles. The zero-order chi connectivity index (χ0) is 26.3. The molecule has 7 N–H and O–H groups in total. The number of carbonyl (C=O) groups is 1. The Kier molecular flexibility index (Phi) is 7.42. The molecule has 36 heavy (non-hydrogen) atoms. The summed E-state index contributed by atoms with van der Waals surface area (Å²) in [5.41, 5.74) is -3.12. The second-order valence-corrected chi connectivity index (χ2v) is 9.35. The lowest BCUT2D eigenvalue weighted by molar-refractivity contribution is -0.351. The molecule has 2 heterocycles. The summed E-state index contributed by atoms with van der Waals surface area (Å²) in [6.45, 7) is 0.789. The molecule has 3 aliphatic rings. The molecule has 2 fully saturated rings. The number of aliphatic hydroxyl groups is 6. The van der Waals surface area contributed by atoms with Crippen LogP contribution >= 0.6 is 0 Å². The minimum absolute atomic E-state index is 0.0442. The topological polar surface area (TPSA) is 196 Å². The fourth-order valence-electron chi connectivity index (χ4n) is 4.97. The first-order valence-electron chi connectivity index (χ1n) is 11.4. The Bertz CT molecular complexity index is 1010. The average molecular weight is 510 g/mol. The first-order valence-corrected chi connectivity index (χ1v) is 11.4. The lowest BCUT2D eigenvalue weighted by Gasteiger charge is -2.45. The van der Waals surface area contributed by atoms with E-state index in [-0.39, 0.29) is 12.2 Å². The van der Waals surface area contributed by atoms with Gasteiger partial charge in [0.05, 0.1) is 24.9 Å². The van der Waals surface area contributed by atoms with Gasteiger partial charge < -0.3 is 54.7 Å². The van der Waals surface area contributed by atoms with Crippen LogP contribution in [0.15, 0.2) is 42.7 Å². The molecular weight excluding hydrogens is 480 g/mol. The number of benzene rings is 1. The van der Waals surface area contributed by atoms with Crippen LogP contribution < -0.4 is 0 Å². The molecule has 4 rings (SSSR count). The number of esters is 1. The number of rotatable bonds is 6. The van der Waals surface area contributed by atoms with Gasteiger partial charge in [0, 0.05) is 18.1 Å². The fourth-order valence-corrected chi connectivity index (χ4v) is 4.97. The highest BCUT2D eigenvalue weighted by Gasteiger charge is 2.66. The van der Waals surface area contributed by atoms with Crippen LogP contribution in [-0.2, 0) is 23.7 Å². The molecule has 0 unspecified atom stereocenters. The summed E-state index contributed by atoms with van der Waals surface area (Å²) in [4.78, 5) is 12.7. The van der Waals surface area contributed by atoms with E-state index in [9.17, 15) is 40.5 Å². The van der Waals surface area contributed by atoms with E-state index in [4.69, 9.17) is 18.9 Å². The second-order valence-electron chi connectivity index (χ2n) is 9.35. The highest BCUT2D eigenvalue weighted by Crippen LogP contribution is 2.51. The highest BCUT2D eigenvalue weighted by molar-refractivity contribution is 5.88. The van der Waals surface area contributed by atoms with Crippen LogP contribution in [0.2, 0.25) is 0 Å². The van der Waals surface area contributed by atoms with E-state index in [0.29, 0.717) is 5.56 Å². The van der Waals surface area contributed by atoms with Crippen LogP contribution in [0.3, 0.4) is 0 Å². The van der Waals surface area contributed by atoms with Crippen LogP contribution in [-0.4, -0.2) is 103 Å². The number of phenolic OH excluding ortho intramolecular Hbond substituents is 1. The Morgan fingerprint density at radius 2 is 1.86 bits per heavy atom. The standard InChI is InChI=1S/C24H30O12/c1-23(36-16(28)7-6-12-4-2-3-5-13(12)26)10-15(27)24(32)8-9-33-22(20(23)24)35-21-19(31)18(30)17(29)14(11-25)34-21/h2-9,14-15,17-22,25-27,29-32H,10-11H2,1H3/t14-,15-,17+,18-,19+,20+,21+,22-,23+,24-/m1/s1. The van der Waals surface area contributed by atoms with Gasteiger partial charge in [-0.3, -0.25) is 0 Å². The van der Waals surface area contributed by atoms with Crippen molar-refractivity contribution in [2.24, 2.45) is 5.92 Å². The van der Waals surface area contributed by atoms with Gasteiger partial charge in [-0.05, 0) is 25.1 Å². The van der Waals surface area contributed by atoms with Crippen molar-refractivity contribution in [1.29, 1.82) is 0 Å². The number of fused-ring (bicyclic) bond motifs is 1. The number of para-hydroxylation sites is 1. The molecule has 0 amide bonds. The van der Waals surface area contributed by atoms with Gasteiger partial charge >= 0.3 is 5.97 Å². The lowest BCUT2D eigenvalue weighted by atomic mass is 9.81. The smallest absolute Gasteiger partial charge is 0.331 e. The average Bonchev–Trinajstić information content (AvgIpc) is 3.04. The summed E-state index contributed by atoms with van der Waals surface area (Å²) in [5, 5.41) is 71.6. The van der Waals surface area contributed by atoms with Crippen molar-refractivity contribution in [2.45, 2.75) is 67.6 Å². The first kappa shape index (κ1) is 26.5. The molecule has 0 spiro atoms. The summed E-state index contributed by atoms with van der Waals surface area (Å²) in [5.74, 6) is -2.10. The van der Waals surface area contributed by atoms with Gasteiger partial charge in [-0.2, -0.15) is 0 Å². The van der Waals surface area contributed by atoms with Crippen LogP contribution in [0, 0.1) is 5.92 Å². The second kappa shape index (κ2) is 10.1. The van der Waals surface area contributed by atoms with Crippen LogP contribution in [0.1, 0.15) is 18.9 Å². The number of aliphatic hydroxyl groups excluding tert-OH is 5. The Morgan fingerprint density at radius 3 is 2.56 bits per heavy atom. The van der Waals surface area contributed by atoms with Crippen molar-refractivity contribution in [3.63, 3.8) is 0 Å². The molecular formula is C24H30O12. The van der Waals surface area contributed by atoms with Gasteiger partial charge in [0.15, 0.2) is 6.29 Å². The number of hydrogen-bond acceptors (Lipinski definition) is 12. The van der Waals surface area contributed by atoms with Gasteiger partial charge in [-0.25, -0.2) is 4.79 Å². The Labute approximate surface area is 206 Å². The third kappa shape index (κ3) is 4.74. The van der Waals surface area contributed by atoms with E-state index in [1.54, 1.807) is 18.2 Å². The van der Waals surface area contributed by atoms with E-state index < -0.39 is 72.8 Å². The maximum absolute atomic E-state index is 12.7. The van der Waals surface area contributed by atoms with Gasteiger partial charge in [-0.1, -0.05) is 18.2 Å². The predicted molar refractivity (Wildman–Crippen MR) is 120 cm³/mol. The molecule has 0 bridgehead atoms. The van der Waals surface area contributed by atoms with Crippen molar-refractivity contribution in [3.05, 3.63) is 48.2 Å². The molecule has 198 valence electrons. The third-order valence-corrected chi connectivity index (χ3v) is 6.89. The summed E-state index contributed by atoms with van der Waals surface area (Å²) in [7, 11) is 0. The molecule has 12 heteroatoms. The molecule has 0 radical (unpaired) electrons. The van der Waals surface area contributed by atoms with Crippen molar-refractivity contribution in [3.8, 4) is 5.75 Å². The molecule has 2 aliphatic heterocycles. The van der Waals surface area contributed by atoms with Crippen molar-refractivity contribution < 1.29 is 59.5 Å². The number of phenols is 1. The van der Waals surface area contributed by atoms with E-state index >= 15 is 0 Å². The molecule has 1 saturated heterocycles. The van der Waals surface area contributed by atoms with E-state index in [2.05, 4.69) is 0 Å². The Hall–Kier alpha value is -2.55. The monoisotopic (exact) mass is 510 g/mol. The van der Waals surface area contributed by atoms with Gasteiger partial charge in [-0.15, -0.1) is 0 Å². The van der Waals surface area contributed by atoms with E-state index in [1.807, 2.05) is 0 Å². The molecule has 10 atom stereocenters. The van der Waals surface area contributed by atoms with Crippen LogP contribution in [0.5, 0.6) is 5.75 Å². The van der Waals surface area contributed by atoms with Crippen molar-refractivity contribution in [1.82, 2.24) is 0 Å². The van der Waals surface area contributed by atoms with Gasteiger partial charge in [0.1, 0.15) is 41.4 Å². The zero-order valence-corrected chi connectivity index (χ0v) is 19.3. The molecule has 1 aliphatic carbocycles. The predicted octanol–water partition coefficient (Wildman–Crippen LogP) is -1.49. The van der Waals surface area contributed by atoms with Gasteiger partial charge in [0.2, 0.25) is 6.29 Å². The van der Waals surface area contributed by atoms with Gasteiger partial charge in [0.25, 0.3) is 0 Å². The minimum Gasteiger partial charge on any atom is -0.507 e. The Morgan fingerprint density at radius 1 is 1.14 bits per heavy atom. The minimum atomic E-state index is -1.95. The van der Waals surface area contributed by atoms with Crippen molar-refractivity contribution >= 4 is 12.0 Å². The summed E-state index contributed by atoms with van der Waals surface area (Å²) in [6, 6.07) is 6.33. The summed E-state index contributed by atoms with van der Waals surface area (Å²) < 4.78 is 22.2. The van der Waals surface area contributed by atoms with E-state index in [0.717, 1.165) is 12.3 Å². The van der Waals surface area contributed by atoms with Crippen LogP contribution in [0.4, 0.5) is 0 Å². The van der Waals surface area contributed by atoms with Crippen LogP contribution in [0.25, 0.3) is 6.08 Å².